The molecule has 1 amide bonds. The third-order valence-electron chi connectivity index (χ3n) is 3.57. The Morgan fingerprint density at radius 3 is 2.95 bits per heavy atom. The minimum atomic E-state index is -0.150. The van der Waals surface area contributed by atoms with Crippen LogP contribution < -0.4 is 5.73 Å². The van der Waals surface area contributed by atoms with E-state index in [1.54, 1.807) is 29.0 Å². The number of amides is 1. The fraction of sp³-hybridized carbons (Fsp3) is 0.467. The minimum Gasteiger partial charge on any atom is -0.337 e. The van der Waals surface area contributed by atoms with Gasteiger partial charge < -0.3 is 10.6 Å². The van der Waals surface area contributed by atoms with E-state index in [1.807, 2.05) is 26.0 Å². The number of carbonyl (C=O) groups excluding carboxylic acids is 1. The molecular weight excluding hydrogens is 280 g/mol. The highest BCUT2D eigenvalue weighted by molar-refractivity contribution is 5.91. The van der Waals surface area contributed by atoms with E-state index in [0.717, 1.165) is 11.3 Å². The highest BCUT2D eigenvalue weighted by atomic mass is 16.2. The van der Waals surface area contributed by atoms with Crippen LogP contribution in [0.1, 0.15) is 28.7 Å². The van der Waals surface area contributed by atoms with Crippen molar-refractivity contribution in [1.29, 1.82) is 0 Å². The average Bonchev–Trinajstić information content (AvgIpc) is 2.94. The summed E-state index contributed by atoms with van der Waals surface area (Å²) in [4.78, 5) is 18.4. The predicted molar refractivity (Wildman–Crippen MR) is 83.3 cm³/mol. The first kappa shape index (κ1) is 16.1. The number of carbonyl (C=O) groups is 1. The van der Waals surface area contributed by atoms with Crippen molar-refractivity contribution in [2.75, 3.05) is 13.6 Å². The van der Waals surface area contributed by atoms with Crippen LogP contribution >= 0.6 is 0 Å². The van der Waals surface area contributed by atoms with E-state index >= 15 is 0 Å². The number of hydrogen-bond donors (Lipinski definition) is 1. The van der Waals surface area contributed by atoms with Gasteiger partial charge in [-0.2, -0.15) is 0 Å². The second-order valence-electron chi connectivity index (χ2n) is 5.45. The molecule has 0 spiro atoms. The largest absolute Gasteiger partial charge is 0.337 e. The van der Waals surface area contributed by atoms with Crippen LogP contribution in [0.15, 0.2) is 24.5 Å². The van der Waals surface area contributed by atoms with Gasteiger partial charge in [0.05, 0.1) is 12.7 Å². The summed E-state index contributed by atoms with van der Waals surface area (Å²) in [6, 6.07) is 4.01. The summed E-state index contributed by atoms with van der Waals surface area (Å²) < 4.78 is 1.58. The number of pyridine rings is 1. The average molecular weight is 302 g/mol. The molecule has 2 aromatic heterocycles. The predicted octanol–water partition coefficient (Wildman–Crippen LogP) is 0.643. The third kappa shape index (κ3) is 3.88. The molecule has 0 fully saturated rings. The molecule has 0 aliphatic rings. The van der Waals surface area contributed by atoms with Crippen molar-refractivity contribution < 1.29 is 4.79 Å². The van der Waals surface area contributed by atoms with Gasteiger partial charge in [-0.1, -0.05) is 5.21 Å². The monoisotopic (exact) mass is 302 g/mol. The smallest absolute Gasteiger partial charge is 0.276 e. The maximum Gasteiger partial charge on any atom is 0.276 e. The highest BCUT2D eigenvalue weighted by Gasteiger charge is 2.21. The Morgan fingerprint density at radius 2 is 2.27 bits per heavy atom. The first-order valence-corrected chi connectivity index (χ1v) is 7.30. The van der Waals surface area contributed by atoms with Crippen molar-refractivity contribution in [1.82, 2.24) is 24.9 Å². The second-order valence-corrected chi connectivity index (χ2v) is 5.45. The first-order valence-electron chi connectivity index (χ1n) is 7.30. The van der Waals surface area contributed by atoms with Gasteiger partial charge in [0.15, 0.2) is 5.69 Å². The molecule has 2 heterocycles. The van der Waals surface area contributed by atoms with E-state index in [2.05, 4.69) is 15.3 Å². The Morgan fingerprint density at radius 1 is 1.50 bits per heavy atom. The van der Waals surface area contributed by atoms with Crippen LogP contribution in [0.25, 0.3) is 0 Å². The fourth-order valence-corrected chi connectivity index (χ4v) is 2.17. The molecule has 0 saturated carbocycles. The molecule has 0 aliphatic heterocycles. The number of hydrogen-bond acceptors (Lipinski definition) is 5. The Balaban J connectivity index is 2.02. The maximum absolute atomic E-state index is 12.4. The summed E-state index contributed by atoms with van der Waals surface area (Å²) in [7, 11) is 1.77. The van der Waals surface area contributed by atoms with Crippen LogP contribution in [-0.4, -0.2) is 50.4 Å². The molecule has 2 N–H and O–H groups in total. The number of aromatic nitrogens is 4. The molecule has 0 aromatic carbocycles. The van der Waals surface area contributed by atoms with Crippen LogP contribution in [0.4, 0.5) is 0 Å². The zero-order chi connectivity index (χ0) is 16.1. The van der Waals surface area contributed by atoms with Crippen molar-refractivity contribution in [3.63, 3.8) is 0 Å². The zero-order valence-electron chi connectivity index (χ0n) is 13.2. The Labute approximate surface area is 130 Å². The Kier molecular flexibility index (Phi) is 5.21. The van der Waals surface area contributed by atoms with Gasteiger partial charge in [0.1, 0.15) is 0 Å². The first-order chi connectivity index (χ1) is 10.5. The quantitative estimate of drug-likeness (QED) is 0.846. The lowest BCUT2D eigenvalue weighted by atomic mass is 10.1. The van der Waals surface area contributed by atoms with Gasteiger partial charge in [0.25, 0.3) is 5.91 Å². The number of nitrogens with zero attached hydrogens (tertiary/aromatic N) is 5. The zero-order valence-corrected chi connectivity index (χ0v) is 13.2. The summed E-state index contributed by atoms with van der Waals surface area (Å²) in [6.07, 6.45) is 4.11. The van der Waals surface area contributed by atoms with Crippen molar-refractivity contribution in [3.05, 3.63) is 41.5 Å². The van der Waals surface area contributed by atoms with Crippen LogP contribution in [0.3, 0.4) is 0 Å². The lowest BCUT2D eigenvalue weighted by Crippen LogP contribution is -2.36. The number of rotatable bonds is 6. The molecule has 1 atom stereocenters. The normalized spacial score (nSPS) is 12.2. The van der Waals surface area contributed by atoms with E-state index in [9.17, 15) is 4.79 Å². The standard InChI is InChI=1S/C15H22N6O/c1-11-4-6-17-13(8-11)9-12(2)20(3)15(22)14-10-21(7-5-16)19-18-14/h4,6,8,10,12H,5,7,9,16H2,1-3H3/t12-/m0/s1. The van der Waals surface area contributed by atoms with E-state index in [4.69, 9.17) is 5.73 Å². The van der Waals surface area contributed by atoms with Crippen LogP contribution in [0, 0.1) is 6.92 Å². The lowest BCUT2D eigenvalue weighted by Gasteiger charge is -2.23. The third-order valence-corrected chi connectivity index (χ3v) is 3.57. The second kappa shape index (κ2) is 7.13. The minimum absolute atomic E-state index is 0.0152. The van der Waals surface area contributed by atoms with Crippen molar-refractivity contribution in [2.45, 2.75) is 32.9 Å². The molecule has 0 bridgehead atoms. The van der Waals surface area contributed by atoms with E-state index < -0.39 is 0 Å². The topological polar surface area (TPSA) is 89.9 Å². The molecule has 0 unspecified atom stereocenters. The van der Waals surface area contributed by atoms with Crippen LogP contribution in [0.5, 0.6) is 0 Å². The summed E-state index contributed by atoms with van der Waals surface area (Å²) in [5, 5.41) is 7.80. The molecule has 118 valence electrons. The molecular formula is C15H22N6O. The maximum atomic E-state index is 12.4. The fourth-order valence-electron chi connectivity index (χ4n) is 2.17. The number of aryl methyl sites for hydroxylation is 1. The Bertz CT molecular complexity index is 638. The molecule has 0 radical (unpaired) electrons. The highest BCUT2D eigenvalue weighted by Crippen LogP contribution is 2.10. The van der Waals surface area contributed by atoms with Gasteiger partial charge in [-0.3, -0.25) is 14.5 Å². The number of nitrogens with two attached hydrogens (primary N) is 1. The summed E-state index contributed by atoms with van der Waals surface area (Å²) in [5.41, 5.74) is 7.93. The van der Waals surface area contributed by atoms with Crippen molar-refractivity contribution >= 4 is 5.91 Å². The van der Waals surface area contributed by atoms with Gasteiger partial charge in [0, 0.05) is 37.9 Å². The van der Waals surface area contributed by atoms with Crippen molar-refractivity contribution in [3.8, 4) is 0 Å². The molecule has 2 rings (SSSR count). The summed E-state index contributed by atoms with van der Waals surface area (Å²) >= 11 is 0. The number of likely N-dealkylation sites (N-methyl/N-ethyl adjacent to an activating group) is 1. The van der Waals surface area contributed by atoms with Crippen LogP contribution in [-0.2, 0) is 13.0 Å². The molecule has 0 saturated heterocycles. The van der Waals surface area contributed by atoms with E-state index in [1.165, 1.54) is 0 Å². The molecule has 0 aliphatic carbocycles. The van der Waals surface area contributed by atoms with Gasteiger partial charge in [0.2, 0.25) is 0 Å². The van der Waals surface area contributed by atoms with E-state index in [0.29, 0.717) is 25.2 Å². The van der Waals surface area contributed by atoms with Gasteiger partial charge in [-0.25, -0.2) is 0 Å². The van der Waals surface area contributed by atoms with Gasteiger partial charge in [-0.15, -0.1) is 5.10 Å². The molecule has 2 aromatic rings. The van der Waals surface area contributed by atoms with Gasteiger partial charge >= 0.3 is 0 Å². The Hall–Kier alpha value is -2.28. The SMILES string of the molecule is Cc1ccnc(C[C@H](C)N(C)C(=O)c2cn(CCN)nn2)c1. The van der Waals surface area contributed by atoms with Gasteiger partial charge in [-0.05, 0) is 31.5 Å². The summed E-state index contributed by atoms with van der Waals surface area (Å²) in [6.45, 7) is 5.03. The lowest BCUT2D eigenvalue weighted by molar-refractivity contribution is 0.0737. The van der Waals surface area contributed by atoms with Crippen molar-refractivity contribution in [2.24, 2.45) is 5.73 Å². The molecule has 7 heteroatoms. The molecule has 7 nitrogen and oxygen atoms in total. The van der Waals surface area contributed by atoms with Crippen LogP contribution in [0.2, 0.25) is 0 Å². The molecule has 22 heavy (non-hydrogen) atoms. The van der Waals surface area contributed by atoms with E-state index in [-0.39, 0.29) is 11.9 Å². The summed E-state index contributed by atoms with van der Waals surface area (Å²) in [5.74, 6) is -0.150.